The molecule has 8 nitrogen and oxygen atoms in total. The molecule has 0 aliphatic carbocycles. The lowest BCUT2D eigenvalue weighted by molar-refractivity contribution is -0.116. The number of carbonyl (C=O) groups is 2. The molecule has 2 heterocycles. The molecule has 0 bridgehead atoms. The Morgan fingerprint density at radius 1 is 1.08 bits per heavy atom. The van der Waals surface area contributed by atoms with Crippen molar-refractivity contribution in [1.82, 2.24) is 15.1 Å². The minimum Gasteiger partial charge on any atom is -0.339 e. The summed E-state index contributed by atoms with van der Waals surface area (Å²) in [5, 5.41) is 9.34. The SMILES string of the molecule is CC(=O)Nc1cccc(NC(=O)CCc2nc(-c3ccncc3)no2)c1. The monoisotopic (exact) mass is 351 g/mol. The first kappa shape index (κ1) is 17.3. The van der Waals surface area contributed by atoms with Gasteiger partial charge in [-0.15, -0.1) is 0 Å². The maximum Gasteiger partial charge on any atom is 0.227 e. The van der Waals surface area contributed by atoms with Crippen molar-refractivity contribution in [3.63, 3.8) is 0 Å². The summed E-state index contributed by atoms with van der Waals surface area (Å²) in [7, 11) is 0. The number of nitrogens with one attached hydrogen (secondary N) is 2. The lowest BCUT2D eigenvalue weighted by Gasteiger charge is -2.07. The molecule has 2 amide bonds. The van der Waals surface area contributed by atoms with Gasteiger partial charge in [-0.2, -0.15) is 4.98 Å². The fraction of sp³-hybridized carbons (Fsp3) is 0.167. The number of pyridine rings is 1. The molecule has 0 saturated heterocycles. The summed E-state index contributed by atoms with van der Waals surface area (Å²) in [5.41, 5.74) is 2.02. The van der Waals surface area contributed by atoms with Crippen molar-refractivity contribution in [3.05, 3.63) is 54.7 Å². The van der Waals surface area contributed by atoms with Crippen LogP contribution in [0, 0.1) is 0 Å². The number of carbonyl (C=O) groups excluding carboxylic acids is 2. The Kier molecular flexibility index (Phi) is 5.33. The van der Waals surface area contributed by atoms with Gasteiger partial charge in [-0.25, -0.2) is 0 Å². The molecule has 0 unspecified atom stereocenters. The number of aromatic nitrogens is 3. The van der Waals surface area contributed by atoms with Crippen molar-refractivity contribution in [3.8, 4) is 11.4 Å². The average molecular weight is 351 g/mol. The van der Waals surface area contributed by atoms with Crippen LogP contribution in [0.1, 0.15) is 19.2 Å². The molecule has 132 valence electrons. The number of benzene rings is 1. The molecule has 0 radical (unpaired) electrons. The quantitative estimate of drug-likeness (QED) is 0.706. The van der Waals surface area contributed by atoms with Crippen LogP contribution in [-0.2, 0) is 16.0 Å². The predicted molar refractivity (Wildman–Crippen MR) is 95.2 cm³/mol. The van der Waals surface area contributed by atoms with Crippen LogP contribution in [0.2, 0.25) is 0 Å². The zero-order valence-electron chi connectivity index (χ0n) is 14.1. The lowest BCUT2D eigenvalue weighted by Crippen LogP contribution is -2.13. The second-order valence-electron chi connectivity index (χ2n) is 5.56. The van der Waals surface area contributed by atoms with Crippen LogP contribution in [0.3, 0.4) is 0 Å². The normalized spacial score (nSPS) is 10.3. The van der Waals surface area contributed by atoms with E-state index >= 15 is 0 Å². The third-order valence-corrected chi connectivity index (χ3v) is 3.44. The Hall–Kier alpha value is -3.55. The van der Waals surface area contributed by atoms with Gasteiger partial charge in [0.15, 0.2) is 0 Å². The number of aryl methyl sites for hydroxylation is 1. The smallest absolute Gasteiger partial charge is 0.227 e. The van der Waals surface area contributed by atoms with Gasteiger partial charge in [0.05, 0.1) is 0 Å². The standard InChI is InChI=1S/C18H17N5O3/c1-12(24)20-14-3-2-4-15(11-14)21-16(25)5-6-17-22-18(23-26-17)13-7-9-19-10-8-13/h2-4,7-11H,5-6H2,1H3,(H,20,24)(H,21,25). The molecular weight excluding hydrogens is 334 g/mol. The highest BCUT2D eigenvalue weighted by molar-refractivity contribution is 5.93. The van der Waals surface area contributed by atoms with Crippen LogP contribution in [0.25, 0.3) is 11.4 Å². The fourth-order valence-corrected chi connectivity index (χ4v) is 2.30. The topological polar surface area (TPSA) is 110 Å². The molecule has 3 aromatic rings. The zero-order valence-corrected chi connectivity index (χ0v) is 14.1. The van der Waals surface area contributed by atoms with Gasteiger partial charge in [0.1, 0.15) is 0 Å². The van der Waals surface area contributed by atoms with Gasteiger partial charge >= 0.3 is 0 Å². The van der Waals surface area contributed by atoms with Gasteiger partial charge in [0.2, 0.25) is 23.5 Å². The number of hydrogen-bond acceptors (Lipinski definition) is 6. The summed E-state index contributed by atoms with van der Waals surface area (Å²) in [6, 6.07) is 10.5. The second-order valence-corrected chi connectivity index (χ2v) is 5.56. The van der Waals surface area contributed by atoms with E-state index in [-0.39, 0.29) is 18.2 Å². The first-order valence-electron chi connectivity index (χ1n) is 8.00. The largest absolute Gasteiger partial charge is 0.339 e. The molecule has 0 aliphatic heterocycles. The molecule has 0 fully saturated rings. The minimum absolute atomic E-state index is 0.171. The summed E-state index contributed by atoms with van der Waals surface area (Å²) in [6.45, 7) is 1.43. The second kappa shape index (κ2) is 8.02. The van der Waals surface area contributed by atoms with Crippen molar-refractivity contribution >= 4 is 23.2 Å². The van der Waals surface area contributed by atoms with Gasteiger partial charge < -0.3 is 15.2 Å². The Balaban J connectivity index is 1.55. The van der Waals surface area contributed by atoms with Gasteiger partial charge in [0, 0.05) is 49.1 Å². The minimum atomic E-state index is -0.186. The fourth-order valence-electron chi connectivity index (χ4n) is 2.30. The van der Waals surface area contributed by atoms with Gasteiger partial charge in [-0.1, -0.05) is 11.2 Å². The molecular formula is C18H17N5O3. The van der Waals surface area contributed by atoms with Crippen molar-refractivity contribution in [2.75, 3.05) is 10.6 Å². The van der Waals surface area contributed by atoms with E-state index in [2.05, 4.69) is 25.8 Å². The first-order chi connectivity index (χ1) is 12.6. The summed E-state index contributed by atoms with van der Waals surface area (Å²) in [5.74, 6) is 0.494. The number of amides is 2. The van der Waals surface area contributed by atoms with Gasteiger partial charge in [0.25, 0.3) is 0 Å². The molecule has 2 aromatic heterocycles. The molecule has 0 saturated carbocycles. The highest BCUT2D eigenvalue weighted by Gasteiger charge is 2.11. The average Bonchev–Trinajstić information content (AvgIpc) is 3.09. The zero-order chi connectivity index (χ0) is 18.4. The molecule has 0 atom stereocenters. The summed E-state index contributed by atoms with van der Waals surface area (Å²) in [6.07, 6.45) is 3.82. The van der Waals surface area contributed by atoms with E-state index in [4.69, 9.17) is 4.52 Å². The summed E-state index contributed by atoms with van der Waals surface area (Å²) >= 11 is 0. The Morgan fingerprint density at radius 3 is 2.54 bits per heavy atom. The maximum atomic E-state index is 12.1. The third kappa shape index (κ3) is 4.73. The van der Waals surface area contributed by atoms with Gasteiger partial charge in [-0.3, -0.25) is 14.6 Å². The number of nitrogens with zero attached hydrogens (tertiary/aromatic N) is 3. The molecule has 8 heteroatoms. The first-order valence-corrected chi connectivity index (χ1v) is 8.00. The van der Waals surface area contributed by atoms with E-state index in [1.807, 2.05) is 0 Å². The maximum absolute atomic E-state index is 12.1. The van der Waals surface area contributed by atoms with E-state index < -0.39 is 0 Å². The van der Waals surface area contributed by atoms with Crippen LogP contribution in [0.15, 0.2) is 53.3 Å². The van der Waals surface area contributed by atoms with Crippen LogP contribution in [0.4, 0.5) is 11.4 Å². The Bertz CT molecular complexity index is 908. The van der Waals surface area contributed by atoms with Gasteiger partial charge in [-0.05, 0) is 30.3 Å². The van der Waals surface area contributed by atoms with Crippen molar-refractivity contribution in [1.29, 1.82) is 0 Å². The molecule has 0 spiro atoms. The van der Waals surface area contributed by atoms with E-state index in [1.54, 1.807) is 48.8 Å². The Morgan fingerprint density at radius 2 is 1.81 bits per heavy atom. The highest BCUT2D eigenvalue weighted by atomic mass is 16.5. The lowest BCUT2D eigenvalue weighted by atomic mass is 10.2. The molecule has 0 aliphatic rings. The van der Waals surface area contributed by atoms with Crippen molar-refractivity contribution in [2.24, 2.45) is 0 Å². The Labute approximate surface area is 149 Å². The van der Waals surface area contributed by atoms with Crippen LogP contribution in [-0.4, -0.2) is 26.9 Å². The van der Waals surface area contributed by atoms with E-state index in [9.17, 15) is 9.59 Å². The predicted octanol–water partition coefficient (Wildman–Crippen LogP) is 2.66. The van der Waals surface area contributed by atoms with E-state index in [0.29, 0.717) is 29.5 Å². The number of anilines is 2. The van der Waals surface area contributed by atoms with Crippen molar-refractivity contribution in [2.45, 2.75) is 19.8 Å². The molecule has 2 N–H and O–H groups in total. The van der Waals surface area contributed by atoms with E-state index in [1.165, 1.54) is 6.92 Å². The van der Waals surface area contributed by atoms with E-state index in [0.717, 1.165) is 5.56 Å². The molecule has 1 aromatic carbocycles. The third-order valence-electron chi connectivity index (χ3n) is 3.44. The van der Waals surface area contributed by atoms with Crippen molar-refractivity contribution < 1.29 is 14.1 Å². The van der Waals surface area contributed by atoms with Crippen LogP contribution >= 0.6 is 0 Å². The summed E-state index contributed by atoms with van der Waals surface area (Å²) in [4.78, 5) is 31.4. The number of rotatable bonds is 6. The molecule has 3 rings (SSSR count). The molecule has 26 heavy (non-hydrogen) atoms. The summed E-state index contributed by atoms with van der Waals surface area (Å²) < 4.78 is 5.17. The number of hydrogen-bond donors (Lipinski definition) is 2. The van der Waals surface area contributed by atoms with Crippen LogP contribution in [0.5, 0.6) is 0 Å². The highest BCUT2D eigenvalue weighted by Crippen LogP contribution is 2.17. The van der Waals surface area contributed by atoms with Crippen LogP contribution < -0.4 is 10.6 Å².